The lowest BCUT2D eigenvalue weighted by Gasteiger charge is -2.01. The average Bonchev–Trinajstić information content (AvgIpc) is 2.59. The van der Waals surface area contributed by atoms with Crippen molar-refractivity contribution in [1.29, 1.82) is 0 Å². The monoisotopic (exact) mass is 204 g/mol. The van der Waals surface area contributed by atoms with Gasteiger partial charge in [0.25, 0.3) is 0 Å². The van der Waals surface area contributed by atoms with Crippen molar-refractivity contribution in [2.45, 2.75) is 39.5 Å². The predicted octanol–water partition coefficient (Wildman–Crippen LogP) is 3.47. The number of hydrogen-bond acceptors (Lipinski definition) is 3. The number of nitrogens with zero attached hydrogens (tertiary/aromatic N) is 2. The van der Waals surface area contributed by atoms with Crippen LogP contribution in [0.1, 0.15) is 51.1 Å². The van der Waals surface area contributed by atoms with E-state index in [0.717, 1.165) is 22.7 Å². The lowest BCUT2D eigenvalue weighted by molar-refractivity contribution is 0.500. The van der Waals surface area contributed by atoms with Gasteiger partial charge in [-0.15, -0.1) is 0 Å². The zero-order valence-electron chi connectivity index (χ0n) is 9.61. The summed E-state index contributed by atoms with van der Waals surface area (Å²) in [6, 6.07) is 2.01. The van der Waals surface area contributed by atoms with Crippen LogP contribution in [0.25, 0.3) is 11.1 Å². The fraction of sp³-hybridized carbons (Fsp3) is 0.500. The summed E-state index contributed by atoms with van der Waals surface area (Å²) in [4.78, 5) is 8.79. The van der Waals surface area contributed by atoms with Gasteiger partial charge in [0.2, 0.25) is 0 Å². The number of rotatable bonds is 2. The highest BCUT2D eigenvalue weighted by Crippen LogP contribution is 2.22. The Labute approximate surface area is 89.5 Å². The van der Waals surface area contributed by atoms with Crippen molar-refractivity contribution in [2.75, 3.05) is 0 Å². The summed E-state index contributed by atoms with van der Waals surface area (Å²) in [7, 11) is 0. The molecule has 0 radical (unpaired) electrons. The molecule has 2 rings (SSSR count). The minimum absolute atomic E-state index is 0.319. The van der Waals surface area contributed by atoms with Gasteiger partial charge in [0.15, 0.2) is 11.5 Å². The highest BCUT2D eigenvalue weighted by Gasteiger charge is 2.11. The first kappa shape index (κ1) is 10.1. The van der Waals surface area contributed by atoms with E-state index in [4.69, 9.17) is 4.42 Å². The number of hydrogen-bond donors (Lipinski definition) is 0. The summed E-state index contributed by atoms with van der Waals surface area (Å²) in [5, 5.41) is 0. The van der Waals surface area contributed by atoms with E-state index in [0.29, 0.717) is 11.8 Å². The molecule has 0 bridgehead atoms. The Bertz CT molecular complexity index is 465. The van der Waals surface area contributed by atoms with Gasteiger partial charge in [-0.3, -0.25) is 4.98 Å². The molecule has 80 valence electrons. The Hall–Kier alpha value is -1.38. The third-order valence-electron chi connectivity index (χ3n) is 2.40. The lowest BCUT2D eigenvalue weighted by Crippen LogP contribution is -1.91. The molecule has 0 aromatic carbocycles. The fourth-order valence-corrected chi connectivity index (χ4v) is 1.43. The molecule has 2 aromatic heterocycles. The molecule has 0 atom stereocenters. The standard InChI is InChI=1S/C12H16N2O/c1-7(2)9-5-10-11(6-13-9)15-12(14-10)8(3)4/h5-8H,1-4H3. The molecule has 0 N–H and O–H groups in total. The van der Waals surface area contributed by atoms with Crippen molar-refractivity contribution in [1.82, 2.24) is 9.97 Å². The summed E-state index contributed by atoms with van der Waals surface area (Å²) >= 11 is 0. The molecule has 0 aliphatic heterocycles. The highest BCUT2D eigenvalue weighted by atomic mass is 16.3. The van der Waals surface area contributed by atoms with E-state index in [9.17, 15) is 0 Å². The van der Waals surface area contributed by atoms with Gasteiger partial charge in [-0.2, -0.15) is 0 Å². The van der Waals surface area contributed by atoms with Crippen molar-refractivity contribution in [3.63, 3.8) is 0 Å². The second kappa shape index (κ2) is 3.65. The third-order valence-corrected chi connectivity index (χ3v) is 2.40. The molecule has 0 fully saturated rings. The zero-order chi connectivity index (χ0) is 11.0. The van der Waals surface area contributed by atoms with E-state index < -0.39 is 0 Å². The van der Waals surface area contributed by atoms with Gasteiger partial charge in [-0.25, -0.2) is 4.98 Å². The van der Waals surface area contributed by atoms with Gasteiger partial charge in [-0.05, 0) is 12.0 Å². The third kappa shape index (κ3) is 1.87. The number of fused-ring (bicyclic) bond motifs is 1. The molecule has 0 aliphatic carbocycles. The molecule has 3 heteroatoms. The Balaban J connectivity index is 2.52. The van der Waals surface area contributed by atoms with Crippen LogP contribution < -0.4 is 0 Å². The maximum absolute atomic E-state index is 5.59. The first-order chi connectivity index (χ1) is 7.08. The van der Waals surface area contributed by atoms with Gasteiger partial charge in [0.05, 0.1) is 6.20 Å². The fourth-order valence-electron chi connectivity index (χ4n) is 1.43. The molecule has 0 amide bonds. The van der Waals surface area contributed by atoms with Gasteiger partial charge >= 0.3 is 0 Å². The highest BCUT2D eigenvalue weighted by molar-refractivity contribution is 5.71. The smallest absolute Gasteiger partial charge is 0.198 e. The molecule has 2 heterocycles. The van der Waals surface area contributed by atoms with Gasteiger partial charge in [-0.1, -0.05) is 27.7 Å². The van der Waals surface area contributed by atoms with E-state index in [1.165, 1.54) is 0 Å². The van der Waals surface area contributed by atoms with Crippen molar-refractivity contribution in [3.8, 4) is 0 Å². The van der Waals surface area contributed by atoms with Crippen LogP contribution >= 0.6 is 0 Å². The molecular formula is C12H16N2O. The van der Waals surface area contributed by atoms with Gasteiger partial charge in [0.1, 0.15) is 5.52 Å². The van der Waals surface area contributed by atoms with Crippen LogP contribution in [0.2, 0.25) is 0 Å². The zero-order valence-corrected chi connectivity index (χ0v) is 9.61. The maximum atomic E-state index is 5.59. The van der Waals surface area contributed by atoms with Crippen molar-refractivity contribution >= 4 is 11.1 Å². The van der Waals surface area contributed by atoms with E-state index in [1.807, 2.05) is 6.07 Å². The molecule has 0 saturated heterocycles. The summed E-state index contributed by atoms with van der Waals surface area (Å²) in [6.07, 6.45) is 1.77. The summed E-state index contributed by atoms with van der Waals surface area (Å²) in [5.74, 6) is 1.53. The van der Waals surface area contributed by atoms with Crippen molar-refractivity contribution in [2.24, 2.45) is 0 Å². The summed E-state index contributed by atoms with van der Waals surface area (Å²) in [5.41, 5.74) is 2.76. The second-order valence-electron chi connectivity index (χ2n) is 4.44. The van der Waals surface area contributed by atoms with Crippen LogP contribution in [0.3, 0.4) is 0 Å². The van der Waals surface area contributed by atoms with Crippen LogP contribution in [0, 0.1) is 0 Å². The molecule has 2 aromatic rings. The Morgan fingerprint density at radius 2 is 1.87 bits per heavy atom. The summed E-state index contributed by atoms with van der Waals surface area (Å²) < 4.78 is 5.59. The quantitative estimate of drug-likeness (QED) is 0.751. The van der Waals surface area contributed by atoms with Crippen molar-refractivity contribution in [3.05, 3.63) is 23.8 Å². The van der Waals surface area contributed by atoms with Crippen LogP contribution in [-0.2, 0) is 0 Å². The first-order valence-corrected chi connectivity index (χ1v) is 5.34. The Morgan fingerprint density at radius 3 is 2.47 bits per heavy atom. The molecule has 0 saturated carbocycles. The van der Waals surface area contributed by atoms with Gasteiger partial charge < -0.3 is 4.42 Å². The average molecular weight is 204 g/mol. The van der Waals surface area contributed by atoms with E-state index in [-0.39, 0.29) is 0 Å². The van der Waals surface area contributed by atoms with E-state index in [1.54, 1.807) is 6.20 Å². The van der Waals surface area contributed by atoms with Crippen LogP contribution in [0.4, 0.5) is 0 Å². The SMILES string of the molecule is CC(C)c1cc2nc(C(C)C)oc2cn1. The Kier molecular flexibility index (Phi) is 2.47. The van der Waals surface area contributed by atoms with Crippen LogP contribution in [-0.4, -0.2) is 9.97 Å². The maximum Gasteiger partial charge on any atom is 0.198 e. The number of oxazole rings is 1. The molecule has 0 spiro atoms. The lowest BCUT2D eigenvalue weighted by atomic mass is 10.1. The normalized spacial score (nSPS) is 11.9. The molecule has 3 nitrogen and oxygen atoms in total. The number of pyridine rings is 1. The second-order valence-corrected chi connectivity index (χ2v) is 4.44. The first-order valence-electron chi connectivity index (χ1n) is 5.34. The predicted molar refractivity (Wildman–Crippen MR) is 60.0 cm³/mol. The van der Waals surface area contributed by atoms with Crippen LogP contribution in [0.15, 0.2) is 16.7 Å². The molecular weight excluding hydrogens is 188 g/mol. The molecule has 0 unspecified atom stereocenters. The van der Waals surface area contributed by atoms with Crippen molar-refractivity contribution < 1.29 is 4.42 Å². The largest absolute Gasteiger partial charge is 0.439 e. The summed E-state index contributed by atoms with van der Waals surface area (Å²) in [6.45, 7) is 8.39. The van der Waals surface area contributed by atoms with Gasteiger partial charge in [0, 0.05) is 11.6 Å². The molecule has 15 heavy (non-hydrogen) atoms. The van der Waals surface area contributed by atoms with E-state index in [2.05, 4.69) is 37.7 Å². The Morgan fingerprint density at radius 1 is 1.13 bits per heavy atom. The van der Waals surface area contributed by atoms with Crippen LogP contribution in [0.5, 0.6) is 0 Å². The topological polar surface area (TPSA) is 38.9 Å². The number of aromatic nitrogens is 2. The molecule has 0 aliphatic rings. The minimum Gasteiger partial charge on any atom is -0.439 e. The minimum atomic E-state index is 0.319. The van der Waals surface area contributed by atoms with E-state index >= 15 is 0 Å².